The minimum atomic E-state index is -0.771. The van der Waals surface area contributed by atoms with Crippen molar-refractivity contribution in [3.63, 3.8) is 0 Å². The smallest absolute Gasteiger partial charge is 0.218 e. The van der Waals surface area contributed by atoms with Gasteiger partial charge in [-0.1, -0.05) is 17.7 Å². The Bertz CT molecular complexity index is 1350. The van der Waals surface area contributed by atoms with Crippen LogP contribution in [0, 0.1) is 18.3 Å². The molecule has 0 radical (unpaired) electrons. The van der Waals surface area contributed by atoms with E-state index in [1.165, 1.54) is 18.1 Å². The fourth-order valence-corrected chi connectivity index (χ4v) is 5.80. The minimum Gasteiger partial charge on any atom is -0.481 e. The number of rotatable bonds is 7. The van der Waals surface area contributed by atoms with Crippen molar-refractivity contribution in [1.82, 2.24) is 19.9 Å². The SMILES string of the molecule is C#CCOc1cnc2c(Nc3cnc(OC)c([C@]4(C)N=C(N)S[C@@]5(CF)C[C@H]54)c3)ncnc2c1. The predicted molar refractivity (Wildman–Crippen MR) is 129 cm³/mol. The van der Waals surface area contributed by atoms with Crippen LogP contribution in [0.1, 0.15) is 18.9 Å². The molecule has 5 rings (SSSR count). The zero-order valence-electron chi connectivity index (χ0n) is 18.6. The van der Waals surface area contributed by atoms with E-state index < -0.39 is 17.0 Å². The zero-order chi connectivity index (χ0) is 23.9. The van der Waals surface area contributed by atoms with Crippen LogP contribution in [0.5, 0.6) is 11.6 Å². The quantitative estimate of drug-likeness (QED) is 0.492. The first-order chi connectivity index (χ1) is 16.4. The highest BCUT2D eigenvalue weighted by atomic mass is 32.2. The van der Waals surface area contributed by atoms with Crippen molar-refractivity contribution < 1.29 is 13.9 Å². The van der Waals surface area contributed by atoms with E-state index in [9.17, 15) is 4.39 Å². The zero-order valence-corrected chi connectivity index (χ0v) is 19.4. The Labute approximate surface area is 199 Å². The van der Waals surface area contributed by atoms with E-state index in [0.717, 1.165) is 5.56 Å². The second-order valence-corrected chi connectivity index (χ2v) is 9.75. The Morgan fingerprint density at radius 3 is 2.91 bits per heavy atom. The first kappa shape index (κ1) is 22.2. The van der Waals surface area contributed by atoms with E-state index in [0.29, 0.717) is 45.8 Å². The van der Waals surface area contributed by atoms with Crippen LogP contribution in [0.2, 0.25) is 0 Å². The molecule has 3 atom stereocenters. The molecule has 1 fully saturated rings. The fourth-order valence-electron chi connectivity index (χ4n) is 4.47. The molecule has 3 aromatic rings. The minimum absolute atomic E-state index is 0.0174. The number of nitrogens with zero attached hydrogens (tertiary/aromatic N) is 5. The summed E-state index contributed by atoms with van der Waals surface area (Å²) in [5.74, 6) is 3.82. The maximum atomic E-state index is 13.9. The lowest BCUT2D eigenvalue weighted by Crippen LogP contribution is -2.36. The number of ether oxygens (including phenoxy) is 2. The number of fused-ring (bicyclic) bond motifs is 2. The number of alkyl halides is 1. The molecule has 0 unspecified atom stereocenters. The van der Waals surface area contributed by atoms with Gasteiger partial charge in [0.25, 0.3) is 0 Å². The van der Waals surface area contributed by atoms with Crippen molar-refractivity contribution >= 4 is 39.5 Å². The first-order valence-electron chi connectivity index (χ1n) is 10.5. The number of nitrogens with two attached hydrogens (primary N) is 1. The van der Waals surface area contributed by atoms with Crippen LogP contribution >= 0.6 is 11.8 Å². The number of aliphatic imine (C=N–C) groups is 1. The van der Waals surface area contributed by atoms with E-state index in [2.05, 4.69) is 31.2 Å². The molecule has 3 N–H and O–H groups in total. The average Bonchev–Trinajstić information content (AvgIpc) is 3.58. The summed E-state index contributed by atoms with van der Waals surface area (Å²) in [6.07, 6.45) is 10.6. The summed E-state index contributed by atoms with van der Waals surface area (Å²) in [6, 6.07) is 3.63. The maximum absolute atomic E-state index is 13.9. The maximum Gasteiger partial charge on any atom is 0.218 e. The third-order valence-electron chi connectivity index (χ3n) is 6.20. The Kier molecular flexibility index (Phi) is 5.40. The molecule has 9 nitrogen and oxygen atoms in total. The van der Waals surface area contributed by atoms with Crippen LogP contribution in [-0.4, -0.2) is 50.2 Å². The molecule has 0 spiro atoms. The second kappa shape index (κ2) is 8.29. The molecule has 3 aromatic heterocycles. The summed E-state index contributed by atoms with van der Waals surface area (Å²) < 4.78 is 24.3. The summed E-state index contributed by atoms with van der Waals surface area (Å²) in [5.41, 5.74) is 7.84. The Hall–Kier alpha value is -3.65. The van der Waals surface area contributed by atoms with Gasteiger partial charge in [-0.05, 0) is 19.4 Å². The van der Waals surface area contributed by atoms with Gasteiger partial charge in [-0.25, -0.2) is 24.3 Å². The molecule has 0 aromatic carbocycles. The highest BCUT2D eigenvalue weighted by Crippen LogP contribution is 2.66. The van der Waals surface area contributed by atoms with Gasteiger partial charge in [0.2, 0.25) is 5.88 Å². The number of anilines is 2. The van der Waals surface area contributed by atoms with Crippen LogP contribution in [0.15, 0.2) is 35.8 Å². The molecule has 4 heterocycles. The van der Waals surface area contributed by atoms with E-state index in [-0.39, 0.29) is 12.5 Å². The molecule has 1 saturated carbocycles. The summed E-state index contributed by atoms with van der Waals surface area (Å²) >= 11 is 1.32. The lowest BCUT2D eigenvalue weighted by Gasteiger charge is -2.33. The van der Waals surface area contributed by atoms with Gasteiger partial charge in [0, 0.05) is 17.5 Å². The normalized spacial score (nSPS) is 25.1. The number of aromatic nitrogens is 4. The van der Waals surface area contributed by atoms with Crippen LogP contribution in [0.3, 0.4) is 0 Å². The molecule has 2 aliphatic rings. The highest BCUT2D eigenvalue weighted by Gasteiger charge is 2.67. The molecule has 0 saturated heterocycles. The summed E-state index contributed by atoms with van der Waals surface area (Å²) in [4.78, 5) is 22.2. The molecule has 0 bridgehead atoms. The molecule has 34 heavy (non-hydrogen) atoms. The van der Waals surface area contributed by atoms with Crippen molar-refractivity contribution in [3.05, 3.63) is 36.4 Å². The first-order valence-corrected chi connectivity index (χ1v) is 11.3. The summed E-state index contributed by atoms with van der Waals surface area (Å²) in [7, 11) is 1.55. The number of amidine groups is 1. The van der Waals surface area contributed by atoms with Gasteiger partial charge < -0.3 is 20.5 Å². The number of thioether (sulfide) groups is 1. The Morgan fingerprint density at radius 1 is 1.29 bits per heavy atom. The van der Waals surface area contributed by atoms with E-state index >= 15 is 0 Å². The number of methoxy groups -OCH3 is 1. The standard InChI is InChI=1S/C23H22FN7O2S/c1-4-5-33-14-7-16-18(26-10-14)19(29-12-28-16)30-13-6-15(20(32-3)27-9-13)22(2)17-8-23(17,11-24)34-21(25)31-22/h1,6-7,9-10,12,17H,5,8,11H2,2-3H3,(H2,25,31)(H,28,29,30)/t17-,22-,23+/m0/s1. The van der Waals surface area contributed by atoms with Crippen molar-refractivity contribution in [3.8, 4) is 24.0 Å². The van der Waals surface area contributed by atoms with E-state index in [4.69, 9.17) is 26.6 Å². The molecule has 1 aliphatic heterocycles. The number of hydrogen-bond acceptors (Lipinski definition) is 10. The van der Waals surface area contributed by atoms with Crippen molar-refractivity contribution in [2.45, 2.75) is 23.6 Å². The molecular formula is C23H22FN7O2S. The topological polar surface area (TPSA) is 120 Å². The van der Waals surface area contributed by atoms with Gasteiger partial charge >= 0.3 is 0 Å². The summed E-state index contributed by atoms with van der Waals surface area (Å²) in [5, 5.41) is 3.62. The van der Waals surface area contributed by atoms with Crippen LogP contribution in [0.4, 0.5) is 15.9 Å². The monoisotopic (exact) mass is 479 g/mol. The van der Waals surface area contributed by atoms with Crippen LogP contribution in [-0.2, 0) is 5.54 Å². The Balaban J connectivity index is 1.51. The Morgan fingerprint density at radius 2 is 2.15 bits per heavy atom. The third-order valence-corrected chi connectivity index (χ3v) is 7.47. The predicted octanol–water partition coefficient (Wildman–Crippen LogP) is 3.19. The van der Waals surface area contributed by atoms with E-state index in [1.807, 2.05) is 13.0 Å². The van der Waals surface area contributed by atoms with Gasteiger partial charge in [-0.2, -0.15) is 0 Å². The largest absolute Gasteiger partial charge is 0.481 e. The van der Waals surface area contributed by atoms with Crippen LogP contribution < -0.4 is 20.5 Å². The van der Waals surface area contributed by atoms with Gasteiger partial charge in [0.1, 0.15) is 30.9 Å². The number of halogens is 1. The molecule has 174 valence electrons. The van der Waals surface area contributed by atoms with Gasteiger partial charge in [0.15, 0.2) is 11.0 Å². The van der Waals surface area contributed by atoms with Gasteiger partial charge in [-0.3, -0.25) is 4.99 Å². The number of terminal acetylenes is 1. The number of nitrogens with one attached hydrogen (secondary N) is 1. The highest BCUT2D eigenvalue weighted by molar-refractivity contribution is 8.15. The molecule has 11 heteroatoms. The average molecular weight is 480 g/mol. The molecular weight excluding hydrogens is 457 g/mol. The van der Waals surface area contributed by atoms with Crippen molar-refractivity contribution in [2.75, 3.05) is 25.7 Å². The second-order valence-electron chi connectivity index (χ2n) is 8.31. The van der Waals surface area contributed by atoms with Gasteiger partial charge in [0.05, 0.1) is 41.0 Å². The molecule has 0 amide bonds. The number of hydrogen-bond donors (Lipinski definition) is 2. The fraction of sp³-hybridized carbons (Fsp3) is 0.348. The van der Waals surface area contributed by atoms with Gasteiger partial charge in [-0.15, -0.1) is 6.42 Å². The van der Waals surface area contributed by atoms with Crippen molar-refractivity contribution in [1.29, 1.82) is 0 Å². The van der Waals surface area contributed by atoms with Crippen LogP contribution in [0.25, 0.3) is 11.0 Å². The number of pyridine rings is 2. The van der Waals surface area contributed by atoms with Crippen molar-refractivity contribution in [2.24, 2.45) is 16.6 Å². The van der Waals surface area contributed by atoms with E-state index in [1.54, 1.807) is 25.6 Å². The lowest BCUT2D eigenvalue weighted by molar-refractivity contribution is 0.340. The lowest BCUT2D eigenvalue weighted by atomic mass is 9.86. The summed E-state index contributed by atoms with van der Waals surface area (Å²) in [6.45, 7) is 1.62. The third kappa shape index (κ3) is 3.64. The molecule has 1 aliphatic carbocycles.